The molecule has 0 saturated carbocycles. The first-order valence-corrected chi connectivity index (χ1v) is 11.4. The zero-order valence-electron chi connectivity index (χ0n) is 19.5. The van der Waals surface area contributed by atoms with E-state index in [1.54, 1.807) is 0 Å². The van der Waals surface area contributed by atoms with Crippen LogP contribution in [0.5, 0.6) is 0 Å². The molecule has 0 N–H and O–H groups in total. The van der Waals surface area contributed by atoms with Gasteiger partial charge >= 0.3 is 11.9 Å². The summed E-state index contributed by atoms with van der Waals surface area (Å²) >= 11 is 0. The molecule has 0 aliphatic carbocycles. The molecule has 1 heterocycles. The molecule has 0 aromatic heterocycles. The highest BCUT2D eigenvalue weighted by molar-refractivity contribution is 5.93. The second-order valence-corrected chi connectivity index (χ2v) is 8.36. The van der Waals surface area contributed by atoms with Gasteiger partial charge in [-0.05, 0) is 22.3 Å². The summed E-state index contributed by atoms with van der Waals surface area (Å²) in [5, 5.41) is 0. The van der Waals surface area contributed by atoms with Crippen molar-refractivity contribution in [3.63, 3.8) is 0 Å². The Morgan fingerprint density at radius 3 is 1.97 bits per heavy atom. The molecule has 1 amide bonds. The van der Waals surface area contributed by atoms with E-state index in [1.807, 2.05) is 91.0 Å². The molecule has 3 aromatic carbocycles. The summed E-state index contributed by atoms with van der Waals surface area (Å²) in [6, 6.07) is 27.5. The number of esters is 2. The molecule has 1 atom stereocenters. The van der Waals surface area contributed by atoms with Crippen molar-refractivity contribution in [3.8, 4) is 0 Å². The lowest BCUT2D eigenvalue weighted by Gasteiger charge is -2.27. The van der Waals surface area contributed by atoms with E-state index in [9.17, 15) is 14.4 Å². The monoisotopic (exact) mass is 469 g/mol. The van der Waals surface area contributed by atoms with Gasteiger partial charge in [0.25, 0.3) is 0 Å². The largest absolute Gasteiger partial charge is 0.467 e. The molecule has 35 heavy (non-hydrogen) atoms. The Morgan fingerprint density at radius 1 is 0.886 bits per heavy atom. The summed E-state index contributed by atoms with van der Waals surface area (Å²) in [6.45, 7) is 0.297. The highest BCUT2D eigenvalue weighted by atomic mass is 16.5. The van der Waals surface area contributed by atoms with Crippen LogP contribution in [0.3, 0.4) is 0 Å². The Morgan fingerprint density at radius 2 is 1.43 bits per heavy atom. The van der Waals surface area contributed by atoms with E-state index in [4.69, 9.17) is 9.47 Å². The van der Waals surface area contributed by atoms with Gasteiger partial charge in [0.15, 0.2) is 0 Å². The third-order valence-corrected chi connectivity index (χ3v) is 6.02. The molecule has 0 spiro atoms. The number of nitrogens with zero attached hydrogens (tertiary/aromatic N) is 1. The van der Waals surface area contributed by atoms with Crippen molar-refractivity contribution in [1.29, 1.82) is 0 Å². The van der Waals surface area contributed by atoms with Crippen molar-refractivity contribution in [3.05, 3.63) is 119 Å². The minimum absolute atomic E-state index is 0.148. The van der Waals surface area contributed by atoms with Gasteiger partial charge in [-0.2, -0.15) is 0 Å². The molecule has 3 aromatic rings. The Balaban J connectivity index is 1.57. The first kappa shape index (κ1) is 24.0. The van der Waals surface area contributed by atoms with Crippen LogP contribution in [0.25, 0.3) is 0 Å². The summed E-state index contributed by atoms with van der Waals surface area (Å²) in [5.41, 5.74) is 3.18. The summed E-state index contributed by atoms with van der Waals surface area (Å²) in [4.78, 5) is 40.5. The molecule has 6 nitrogen and oxygen atoms in total. The molecule has 1 fully saturated rings. The zero-order valence-corrected chi connectivity index (χ0v) is 19.5. The van der Waals surface area contributed by atoms with Crippen LogP contribution in [0.15, 0.2) is 103 Å². The molecule has 1 aliphatic heterocycles. The topological polar surface area (TPSA) is 72.9 Å². The number of carbonyl (C=O) groups excluding carboxylic acids is 3. The first-order valence-electron chi connectivity index (χ1n) is 11.4. The van der Waals surface area contributed by atoms with Crippen LogP contribution in [0.2, 0.25) is 0 Å². The average molecular weight is 470 g/mol. The number of carbonyl (C=O) groups is 3. The van der Waals surface area contributed by atoms with E-state index in [1.165, 1.54) is 18.1 Å². The molecule has 1 aliphatic rings. The van der Waals surface area contributed by atoms with Gasteiger partial charge in [-0.3, -0.25) is 4.79 Å². The smallest absolute Gasteiger partial charge is 0.331 e. The van der Waals surface area contributed by atoms with E-state index in [0.29, 0.717) is 5.57 Å². The maximum atomic E-state index is 13.9. The second-order valence-electron chi connectivity index (χ2n) is 8.36. The lowest BCUT2D eigenvalue weighted by Crippen LogP contribution is -2.43. The fourth-order valence-electron chi connectivity index (χ4n) is 4.31. The summed E-state index contributed by atoms with van der Waals surface area (Å²) in [7, 11) is 1.30. The molecular weight excluding hydrogens is 442 g/mol. The van der Waals surface area contributed by atoms with E-state index in [2.05, 4.69) is 0 Å². The summed E-state index contributed by atoms with van der Waals surface area (Å²) < 4.78 is 10.3. The number of ether oxygens (including phenoxy) is 2. The SMILES string of the molecule is COC(=O)[C@@H]1CC(=CC(=O)OCc2ccccc2)CN1C(=O)C(c1ccccc1)c1ccccc1. The van der Waals surface area contributed by atoms with Crippen LogP contribution in [0.4, 0.5) is 0 Å². The van der Waals surface area contributed by atoms with E-state index < -0.39 is 23.9 Å². The fourth-order valence-corrected chi connectivity index (χ4v) is 4.31. The van der Waals surface area contributed by atoms with Gasteiger partial charge in [-0.25, -0.2) is 9.59 Å². The number of amides is 1. The lowest BCUT2D eigenvalue weighted by atomic mass is 9.90. The van der Waals surface area contributed by atoms with Crippen LogP contribution in [0, 0.1) is 0 Å². The van der Waals surface area contributed by atoms with E-state index in [-0.39, 0.29) is 25.5 Å². The van der Waals surface area contributed by atoms with Crippen molar-refractivity contribution in [2.75, 3.05) is 13.7 Å². The maximum Gasteiger partial charge on any atom is 0.331 e. The van der Waals surface area contributed by atoms with E-state index in [0.717, 1.165) is 16.7 Å². The molecule has 0 bridgehead atoms. The molecule has 0 radical (unpaired) electrons. The quantitative estimate of drug-likeness (QED) is 0.382. The van der Waals surface area contributed by atoms with Gasteiger partial charge in [0.05, 0.1) is 13.0 Å². The normalized spacial score (nSPS) is 16.3. The minimum atomic E-state index is -0.810. The molecule has 178 valence electrons. The van der Waals surface area contributed by atoms with Crippen LogP contribution in [-0.2, 0) is 30.5 Å². The van der Waals surface area contributed by atoms with Gasteiger partial charge in [0.1, 0.15) is 12.6 Å². The number of benzene rings is 3. The van der Waals surface area contributed by atoms with Crippen molar-refractivity contribution in [1.82, 2.24) is 4.90 Å². The highest BCUT2D eigenvalue weighted by Gasteiger charge is 2.41. The number of rotatable bonds is 7. The third kappa shape index (κ3) is 5.84. The molecule has 6 heteroatoms. The summed E-state index contributed by atoms with van der Waals surface area (Å²) in [6.07, 6.45) is 1.60. The Labute approximate surface area is 204 Å². The predicted octanol–water partition coefficient (Wildman–Crippen LogP) is 4.26. The highest BCUT2D eigenvalue weighted by Crippen LogP contribution is 2.32. The maximum absolute atomic E-state index is 13.9. The van der Waals surface area contributed by atoms with Crippen LogP contribution in [-0.4, -0.2) is 42.4 Å². The number of likely N-dealkylation sites (tertiary alicyclic amines) is 1. The zero-order chi connectivity index (χ0) is 24.6. The number of hydrogen-bond acceptors (Lipinski definition) is 5. The van der Waals surface area contributed by atoms with Gasteiger partial charge in [0.2, 0.25) is 5.91 Å². The second kappa shape index (κ2) is 11.3. The van der Waals surface area contributed by atoms with Crippen molar-refractivity contribution in [2.24, 2.45) is 0 Å². The van der Waals surface area contributed by atoms with Crippen molar-refractivity contribution < 1.29 is 23.9 Å². The Kier molecular flexibility index (Phi) is 7.73. The number of methoxy groups -OCH3 is 1. The van der Waals surface area contributed by atoms with Gasteiger partial charge in [-0.1, -0.05) is 91.0 Å². The van der Waals surface area contributed by atoms with Gasteiger partial charge in [-0.15, -0.1) is 0 Å². The Bertz CT molecular complexity index is 1150. The lowest BCUT2D eigenvalue weighted by molar-refractivity contribution is -0.151. The third-order valence-electron chi connectivity index (χ3n) is 6.02. The van der Waals surface area contributed by atoms with E-state index >= 15 is 0 Å². The molecule has 1 saturated heterocycles. The first-order chi connectivity index (χ1) is 17.1. The minimum Gasteiger partial charge on any atom is -0.467 e. The fraction of sp³-hybridized carbons (Fsp3) is 0.207. The molecular formula is C29H27NO5. The van der Waals surface area contributed by atoms with Crippen LogP contribution < -0.4 is 0 Å². The Hall–Kier alpha value is -4.19. The number of hydrogen-bond donors (Lipinski definition) is 0. The molecule has 4 rings (SSSR count). The van der Waals surface area contributed by atoms with Crippen LogP contribution >= 0.6 is 0 Å². The van der Waals surface area contributed by atoms with Crippen molar-refractivity contribution >= 4 is 17.8 Å². The van der Waals surface area contributed by atoms with Crippen molar-refractivity contribution in [2.45, 2.75) is 25.0 Å². The summed E-state index contributed by atoms with van der Waals surface area (Å²) in [5.74, 6) is -1.84. The van der Waals surface area contributed by atoms with Gasteiger partial charge in [0, 0.05) is 19.0 Å². The molecule has 0 unspecified atom stereocenters. The van der Waals surface area contributed by atoms with Crippen LogP contribution in [0.1, 0.15) is 29.0 Å². The average Bonchev–Trinajstić information content (AvgIpc) is 3.32. The predicted molar refractivity (Wildman–Crippen MR) is 131 cm³/mol. The van der Waals surface area contributed by atoms with Gasteiger partial charge < -0.3 is 14.4 Å². The standard InChI is InChI=1S/C29H27NO5/c1-34-29(33)25-17-22(18-26(31)35-20-21-11-5-2-6-12-21)19-30(25)28(32)27(23-13-7-3-8-14-23)24-15-9-4-10-16-24/h2-16,18,25,27H,17,19-20H2,1H3/t25-/m0/s1.